The fraction of sp³-hybridized carbons (Fsp3) is 0.533. The normalized spacial score (nSPS) is 20.1. The SMILES string of the molecule is CC1(C)C(CNc2cccc(Br)c2C(=O)O)C1(C)C. The maximum atomic E-state index is 11.3. The summed E-state index contributed by atoms with van der Waals surface area (Å²) in [7, 11) is 0. The zero-order chi connectivity index (χ0) is 14.4. The van der Waals surface area contributed by atoms with E-state index in [4.69, 9.17) is 0 Å². The van der Waals surface area contributed by atoms with E-state index in [-0.39, 0.29) is 0 Å². The largest absolute Gasteiger partial charge is 0.478 e. The molecule has 0 heterocycles. The Balaban J connectivity index is 2.14. The Bertz CT molecular complexity index is 509. The second-order valence-electron chi connectivity index (χ2n) is 6.34. The number of carboxylic acid groups (broad SMARTS) is 1. The van der Waals surface area contributed by atoms with Crippen LogP contribution in [0.2, 0.25) is 0 Å². The molecule has 0 atom stereocenters. The van der Waals surface area contributed by atoms with E-state index in [2.05, 4.69) is 48.9 Å². The summed E-state index contributed by atoms with van der Waals surface area (Å²) in [6.07, 6.45) is 0. The lowest BCUT2D eigenvalue weighted by Gasteiger charge is -2.11. The summed E-state index contributed by atoms with van der Waals surface area (Å²) < 4.78 is 0.610. The van der Waals surface area contributed by atoms with E-state index >= 15 is 0 Å². The maximum Gasteiger partial charge on any atom is 0.338 e. The molecule has 19 heavy (non-hydrogen) atoms. The van der Waals surface area contributed by atoms with Gasteiger partial charge in [-0.25, -0.2) is 4.79 Å². The van der Waals surface area contributed by atoms with Crippen molar-refractivity contribution >= 4 is 27.6 Å². The Hall–Kier alpha value is -1.03. The highest BCUT2D eigenvalue weighted by molar-refractivity contribution is 9.10. The van der Waals surface area contributed by atoms with Gasteiger partial charge in [0.2, 0.25) is 0 Å². The summed E-state index contributed by atoms with van der Waals surface area (Å²) in [5.41, 5.74) is 1.59. The van der Waals surface area contributed by atoms with Crippen molar-refractivity contribution in [3.05, 3.63) is 28.2 Å². The van der Waals surface area contributed by atoms with Crippen LogP contribution >= 0.6 is 15.9 Å². The molecule has 104 valence electrons. The second-order valence-corrected chi connectivity index (χ2v) is 7.20. The fourth-order valence-corrected chi connectivity index (χ4v) is 3.48. The summed E-state index contributed by atoms with van der Waals surface area (Å²) >= 11 is 3.29. The Morgan fingerprint density at radius 3 is 2.37 bits per heavy atom. The number of nitrogens with one attached hydrogen (secondary N) is 1. The van der Waals surface area contributed by atoms with E-state index in [1.807, 2.05) is 12.1 Å². The number of rotatable bonds is 4. The number of benzene rings is 1. The second kappa shape index (κ2) is 4.51. The van der Waals surface area contributed by atoms with Crippen LogP contribution in [0.15, 0.2) is 22.7 Å². The molecule has 2 N–H and O–H groups in total. The number of aromatic carboxylic acids is 1. The van der Waals surface area contributed by atoms with E-state index in [1.165, 1.54) is 0 Å². The molecule has 2 rings (SSSR count). The zero-order valence-corrected chi connectivity index (χ0v) is 13.3. The van der Waals surface area contributed by atoms with Crippen molar-refractivity contribution in [2.24, 2.45) is 16.7 Å². The molecule has 1 aromatic carbocycles. The third-order valence-corrected chi connectivity index (χ3v) is 5.70. The summed E-state index contributed by atoms with van der Waals surface area (Å²) in [5.74, 6) is -0.357. The molecule has 0 aromatic heterocycles. The smallest absolute Gasteiger partial charge is 0.338 e. The number of hydrogen-bond donors (Lipinski definition) is 2. The average Bonchev–Trinajstić information content (AvgIpc) is 2.66. The Morgan fingerprint density at radius 2 is 1.89 bits per heavy atom. The van der Waals surface area contributed by atoms with Gasteiger partial charge in [-0.15, -0.1) is 0 Å². The van der Waals surface area contributed by atoms with Gasteiger partial charge in [-0.3, -0.25) is 0 Å². The Morgan fingerprint density at radius 1 is 1.32 bits per heavy atom. The van der Waals surface area contributed by atoms with Crippen LogP contribution in [0.1, 0.15) is 38.1 Å². The minimum atomic E-state index is -0.913. The first-order valence-electron chi connectivity index (χ1n) is 6.45. The molecular formula is C15H20BrNO2. The fourth-order valence-electron chi connectivity index (χ4n) is 2.94. The van der Waals surface area contributed by atoms with Crippen molar-refractivity contribution in [3.63, 3.8) is 0 Å². The lowest BCUT2D eigenvalue weighted by molar-refractivity contribution is 0.0697. The van der Waals surface area contributed by atoms with Gasteiger partial charge in [-0.05, 0) is 44.8 Å². The van der Waals surface area contributed by atoms with E-state index in [0.29, 0.717) is 32.5 Å². The lowest BCUT2D eigenvalue weighted by atomic mass is 10.0. The molecule has 0 aliphatic heterocycles. The standard InChI is InChI=1S/C15H20BrNO2/c1-14(2)11(15(14,3)4)8-17-10-7-5-6-9(16)12(10)13(18)19/h5-7,11,17H,8H2,1-4H3,(H,18,19). The first kappa shape index (κ1) is 14.4. The molecule has 0 saturated heterocycles. The molecule has 1 saturated carbocycles. The highest BCUT2D eigenvalue weighted by atomic mass is 79.9. The van der Waals surface area contributed by atoms with Crippen LogP contribution in [0.25, 0.3) is 0 Å². The molecule has 4 heteroatoms. The topological polar surface area (TPSA) is 49.3 Å². The first-order chi connectivity index (χ1) is 8.69. The van der Waals surface area contributed by atoms with Crippen LogP contribution in [0.4, 0.5) is 5.69 Å². The number of carbonyl (C=O) groups is 1. The average molecular weight is 326 g/mol. The molecule has 1 aliphatic rings. The van der Waals surface area contributed by atoms with Crippen molar-refractivity contribution < 1.29 is 9.90 Å². The molecule has 1 fully saturated rings. The van der Waals surface area contributed by atoms with Crippen molar-refractivity contribution in [1.29, 1.82) is 0 Å². The summed E-state index contributed by atoms with van der Waals surface area (Å²) in [5, 5.41) is 12.6. The van der Waals surface area contributed by atoms with Crippen molar-refractivity contribution in [1.82, 2.24) is 0 Å². The monoisotopic (exact) mass is 325 g/mol. The van der Waals surface area contributed by atoms with E-state index < -0.39 is 5.97 Å². The first-order valence-corrected chi connectivity index (χ1v) is 7.24. The maximum absolute atomic E-state index is 11.3. The lowest BCUT2D eigenvalue weighted by Crippen LogP contribution is -2.12. The number of carboxylic acids is 1. The molecule has 0 amide bonds. The van der Waals surface area contributed by atoms with Crippen LogP contribution in [0, 0.1) is 16.7 Å². The van der Waals surface area contributed by atoms with Crippen molar-refractivity contribution in [2.45, 2.75) is 27.7 Å². The van der Waals surface area contributed by atoms with E-state index in [0.717, 1.165) is 6.54 Å². The summed E-state index contributed by atoms with van der Waals surface area (Å²) in [4.78, 5) is 11.3. The molecule has 1 aromatic rings. The predicted octanol–water partition coefficient (Wildman–Crippen LogP) is 4.24. The van der Waals surface area contributed by atoms with Gasteiger partial charge in [0.15, 0.2) is 0 Å². The number of halogens is 1. The van der Waals surface area contributed by atoms with Gasteiger partial charge in [0.1, 0.15) is 0 Å². The molecule has 0 spiro atoms. The molecule has 0 unspecified atom stereocenters. The van der Waals surface area contributed by atoms with Crippen molar-refractivity contribution in [3.8, 4) is 0 Å². The summed E-state index contributed by atoms with van der Waals surface area (Å²) in [6.45, 7) is 9.85. The van der Waals surface area contributed by atoms with Crippen LogP contribution in [-0.4, -0.2) is 17.6 Å². The van der Waals surface area contributed by atoms with Crippen LogP contribution in [0.5, 0.6) is 0 Å². The van der Waals surface area contributed by atoms with Crippen molar-refractivity contribution in [2.75, 3.05) is 11.9 Å². The van der Waals surface area contributed by atoms with Gasteiger partial charge >= 0.3 is 5.97 Å². The van der Waals surface area contributed by atoms with Gasteiger partial charge in [0, 0.05) is 16.7 Å². The number of hydrogen-bond acceptors (Lipinski definition) is 2. The Labute approximate surface area is 122 Å². The van der Waals surface area contributed by atoms with E-state index in [1.54, 1.807) is 6.07 Å². The minimum absolute atomic E-state index is 0.301. The van der Waals surface area contributed by atoms with Gasteiger partial charge in [0.05, 0.1) is 5.56 Å². The Kier molecular flexibility index (Phi) is 3.42. The van der Waals surface area contributed by atoms with Gasteiger partial charge in [-0.1, -0.05) is 33.8 Å². The third kappa shape index (κ3) is 2.27. The molecular weight excluding hydrogens is 306 g/mol. The highest BCUT2D eigenvalue weighted by Crippen LogP contribution is 2.68. The van der Waals surface area contributed by atoms with Crippen LogP contribution in [0.3, 0.4) is 0 Å². The highest BCUT2D eigenvalue weighted by Gasteiger charge is 2.64. The predicted molar refractivity (Wildman–Crippen MR) is 80.6 cm³/mol. The molecule has 0 bridgehead atoms. The van der Waals surface area contributed by atoms with E-state index in [9.17, 15) is 9.90 Å². The molecule has 0 radical (unpaired) electrons. The quantitative estimate of drug-likeness (QED) is 0.870. The van der Waals surface area contributed by atoms with Gasteiger partial charge < -0.3 is 10.4 Å². The third-order valence-electron chi connectivity index (χ3n) is 5.04. The van der Waals surface area contributed by atoms with Crippen LogP contribution in [-0.2, 0) is 0 Å². The molecule has 3 nitrogen and oxygen atoms in total. The molecule has 1 aliphatic carbocycles. The minimum Gasteiger partial charge on any atom is -0.478 e. The van der Waals surface area contributed by atoms with Crippen LogP contribution < -0.4 is 5.32 Å². The zero-order valence-electron chi connectivity index (χ0n) is 11.7. The van der Waals surface area contributed by atoms with Gasteiger partial charge in [0.25, 0.3) is 0 Å². The van der Waals surface area contributed by atoms with Gasteiger partial charge in [-0.2, -0.15) is 0 Å². The summed E-state index contributed by atoms with van der Waals surface area (Å²) in [6, 6.07) is 5.41. The number of anilines is 1.